The Hall–Kier alpha value is -3.58. The lowest BCUT2D eigenvalue weighted by atomic mass is 10.0. The number of benzene rings is 2. The fourth-order valence-corrected chi connectivity index (χ4v) is 4.85. The van der Waals surface area contributed by atoms with Crippen LogP contribution < -0.4 is 4.74 Å². The first-order valence-corrected chi connectivity index (χ1v) is 11.2. The van der Waals surface area contributed by atoms with E-state index in [9.17, 15) is 4.79 Å². The predicted molar refractivity (Wildman–Crippen MR) is 127 cm³/mol. The maximum absolute atomic E-state index is 13.2. The Kier molecular flexibility index (Phi) is 5.19. The number of nitrogens with one attached hydrogen (secondary N) is 1. The number of methoxy groups -OCH3 is 1. The number of carbonyl (C=O) groups excluding carboxylic acids is 1. The van der Waals surface area contributed by atoms with E-state index in [-0.39, 0.29) is 5.91 Å². The third-order valence-corrected chi connectivity index (χ3v) is 6.71. The molecule has 0 saturated heterocycles. The summed E-state index contributed by atoms with van der Waals surface area (Å²) in [6.07, 6.45) is 0. The molecule has 1 aliphatic rings. The SMILES string of the molecule is C=C(OC)c1ccc(C(=O)N2CCOc3ccc(-c4ccc5nc(C)[nH]c5c4)cc3C2)s1. The second kappa shape index (κ2) is 8.16. The number of aromatic amines is 1. The van der Waals surface area contributed by atoms with Crippen LogP contribution in [0, 0.1) is 6.92 Å². The summed E-state index contributed by atoms with van der Waals surface area (Å²) in [5, 5.41) is 0. The lowest BCUT2D eigenvalue weighted by Crippen LogP contribution is -2.31. The van der Waals surface area contributed by atoms with Gasteiger partial charge in [-0.25, -0.2) is 4.98 Å². The van der Waals surface area contributed by atoms with Crippen LogP contribution in [0.3, 0.4) is 0 Å². The van der Waals surface area contributed by atoms with Crippen LogP contribution in [0.4, 0.5) is 0 Å². The summed E-state index contributed by atoms with van der Waals surface area (Å²) in [5.41, 5.74) is 5.12. The van der Waals surface area contributed by atoms with E-state index < -0.39 is 0 Å². The average molecular weight is 446 g/mol. The average Bonchev–Trinajstić information content (AvgIpc) is 3.37. The predicted octanol–water partition coefficient (Wildman–Crippen LogP) is 5.25. The highest BCUT2D eigenvalue weighted by molar-refractivity contribution is 7.15. The van der Waals surface area contributed by atoms with Crippen molar-refractivity contribution in [3.05, 3.63) is 76.3 Å². The molecule has 0 fully saturated rings. The molecular weight excluding hydrogens is 422 g/mol. The molecule has 0 spiro atoms. The minimum atomic E-state index is -0.0126. The fourth-order valence-electron chi connectivity index (χ4n) is 3.92. The van der Waals surface area contributed by atoms with Gasteiger partial charge in [-0.1, -0.05) is 18.7 Å². The molecule has 0 aliphatic carbocycles. The van der Waals surface area contributed by atoms with Crippen LogP contribution in [0.2, 0.25) is 0 Å². The monoisotopic (exact) mass is 445 g/mol. The number of hydrogen-bond donors (Lipinski definition) is 1. The zero-order chi connectivity index (χ0) is 22.2. The van der Waals surface area contributed by atoms with Gasteiger partial charge < -0.3 is 19.4 Å². The van der Waals surface area contributed by atoms with Crippen LogP contribution in [0.5, 0.6) is 5.75 Å². The Morgan fingerprint density at radius 2 is 1.94 bits per heavy atom. The van der Waals surface area contributed by atoms with Crippen LogP contribution in [0.1, 0.15) is 25.9 Å². The van der Waals surface area contributed by atoms with Crippen molar-refractivity contribution in [2.24, 2.45) is 0 Å². The summed E-state index contributed by atoms with van der Waals surface area (Å²) in [5.74, 6) is 2.27. The summed E-state index contributed by atoms with van der Waals surface area (Å²) < 4.78 is 11.1. The van der Waals surface area contributed by atoms with Gasteiger partial charge in [0.25, 0.3) is 5.91 Å². The molecule has 6 nitrogen and oxygen atoms in total. The summed E-state index contributed by atoms with van der Waals surface area (Å²) >= 11 is 1.39. The number of carbonyl (C=O) groups is 1. The minimum Gasteiger partial charge on any atom is -0.496 e. The Bertz CT molecular complexity index is 1340. The van der Waals surface area contributed by atoms with Gasteiger partial charge in [-0.3, -0.25) is 4.79 Å². The van der Waals surface area contributed by atoms with Gasteiger partial charge in [-0.05, 0) is 54.4 Å². The molecule has 5 rings (SSSR count). The first kappa shape index (κ1) is 20.3. The molecule has 1 amide bonds. The van der Waals surface area contributed by atoms with E-state index in [1.54, 1.807) is 7.11 Å². The van der Waals surface area contributed by atoms with Crippen molar-refractivity contribution in [1.29, 1.82) is 0 Å². The number of fused-ring (bicyclic) bond motifs is 2. The molecule has 162 valence electrons. The van der Waals surface area contributed by atoms with E-state index in [0.717, 1.165) is 44.2 Å². The van der Waals surface area contributed by atoms with Crippen molar-refractivity contribution in [1.82, 2.24) is 14.9 Å². The number of imidazole rings is 1. The largest absolute Gasteiger partial charge is 0.496 e. The molecule has 0 bridgehead atoms. The number of thiophene rings is 1. The molecule has 1 aliphatic heterocycles. The van der Waals surface area contributed by atoms with Crippen LogP contribution >= 0.6 is 11.3 Å². The second-order valence-corrected chi connectivity index (χ2v) is 8.83. The maximum atomic E-state index is 13.2. The van der Waals surface area contributed by atoms with Gasteiger partial charge in [0.2, 0.25) is 0 Å². The third-order valence-electron chi connectivity index (χ3n) is 5.60. The number of H-pyrrole nitrogens is 1. The molecule has 0 saturated carbocycles. The van der Waals surface area contributed by atoms with Crippen LogP contribution in [0.25, 0.3) is 27.9 Å². The Balaban J connectivity index is 1.43. The first-order valence-electron chi connectivity index (χ1n) is 10.4. The van der Waals surface area contributed by atoms with Gasteiger partial charge in [0.15, 0.2) is 0 Å². The third kappa shape index (κ3) is 3.76. The smallest absolute Gasteiger partial charge is 0.264 e. The van der Waals surface area contributed by atoms with Gasteiger partial charge >= 0.3 is 0 Å². The number of nitrogens with zero attached hydrogens (tertiary/aromatic N) is 2. The van der Waals surface area contributed by atoms with Crippen LogP contribution in [-0.4, -0.2) is 41.0 Å². The molecule has 0 atom stereocenters. The van der Waals surface area contributed by atoms with Crippen molar-refractivity contribution < 1.29 is 14.3 Å². The lowest BCUT2D eigenvalue weighted by molar-refractivity contribution is 0.0738. The van der Waals surface area contributed by atoms with Crippen molar-refractivity contribution in [3.63, 3.8) is 0 Å². The van der Waals surface area contributed by atoms with Crippen molar-refractivity contribution in [2.75, 3.05) is 20.3 Å². The molecule has 2 aromatic heterocycles. The Labute approximate surface area is 190 Å². The van der Waals surface area contributed by atoms with E-state index in [1.165, 1.54) is 11.3 Å². The molecule has 7 heteroatoms. The molecule has 0 unspecified atom stereocenters. The van der Waals surface area contributed by atoms with Crippen LogP contribution in [-0.2, 0) is 11.3 Å². The summed E-state index contributed by atoms with van der Waals surface area (Å²) in [7, 11) is 1.58. The minimum absolute atomic E-state index is 0.0126. The van der Waals surface area contributed by atoms with E-state index in [0.29, 0.717) is 30.3 Å². The molecule has 1 N–H and O–H groups in total. The maximum Gasteiger partial charge on any atom is 0.264 e. The second-order valence-electron chi connectivity index (χ2n) is 7.74. The lowest BCUT2D eigenvalue weighted by Gasteiger charge is -2.19. The van der Waals surface area contributed by atoms with Crippen LogP contribution in [0.15, 0.2) is 55.1 Å². The van der Waals surface area contributed by atoms with E-state index in [2.05, 4.69) is 40.8 Å². The Morgan fingerprint density at radius 1 is 1.16 bits per heavy atom. The first-order chi connectivity index (χ1) is 15.5. The van der Waals surface area contributed by atoms with Gasteiger partial charge in [0, 0.05) is 12.1 Å². The highest BCUT2D eigenvalue weighted by atomic mass is 32.1. The molecule has 4 aromatic rings. The standard InChI is InChI=1S/C25H23N3O3S/c1-15(30-3)23-8-9-24(32-23)25(29)28-10-11-31-22-7-5-17(12-19(22)14-28)18-4-6-20-21(13-18)27-16(2)26-20/h4-9,12-13H,1,10-11,14H2,2-3H3,(H,26,27). The van der Waals surface area contributed by atoms with Crippen molar-refractivity contribution >= 4 is 34.0 Å². The van der Waals surface area contributed by atoms with Crippen molar-refractivity contribution in [2.45, 2.75) is 13.5 Å². The van der Waals surface area contributed by atoms with E-state index in [1.807, 2.05) is 36.1 Å². The topological polar surface area (TPSA) is 67.4 Å². The normalized spacial score (nSPS) is 13.4. The number of ether oxygens (including phenoxy) is 2. The van der Waals surface area contributed by atoms with E-state index >= 15 is 0 Å². The number of amides is 1. The van der Waals surface area contributed by atoms with Gasteiger partial charge in [-0.15, -0.1) is 11.3 Å². The number of rotatable bonds is 4. The van der Waals surface area contributed by atoms with E-state index in [4.69, 9.17) is 9.47 Å². The highest BCUT2D eigenvalue weighted by Gasteiger charge is 2.23. The summed E-state index contributed by atoms with van der Waals surface area (Å²) in [6.45, 7) is 7.30. The molecule has 0 radical (unpaired) electrons. The Morgan fingerprint density at radius 3 is 2.78 bits per heavy atom. The quantitative estimate of drug-likeness (QED) is 0.436. The molecule has 2 aromatic carbocycles. The molecular formula is C25H23N3O3S. The summed E-state index contributed by atoms with van der Waals surface area (Å²) in [6, 6.07) is 16.1. The number of hydrogen-bond acceptors (Lipinski definition) is 5. The number of aryl methyl sites for hydroxylation is 1. The number of aromatic nitrogens is 2. The zero-order valence-corrected chi connectivity index (χ0v) is 18.8. The molecule has 32 heavy (non-hydrogen) atoms. The van der Waals surface area contributed by atoms with Gasteiger partial charge in [0.05, 0.1) is 34.4 Å². The fraction of sp³-hybridized carbons (Fsp3) is 0.200. The zero-order valence-electron chi connectivity index (χ0n) is 18.0. The molecule has 3 heterocycles. The van der Waals surface area contributed by atoms with Crippen molar-refractivity contribution in [3.8, 4) is 16.9 Å². The highest BCUT2D eigenvalue weighted by Crippen LogP contribution is 2.32. The summed E-state index contributed by atoms with van der Waals surface area (Å²) in [4.78, 5) is 24.3. The van der Waals surface area contributed by atoms with Gasteiger partial charge in [0.1, 0.15) is 23.9 Å². The van der Waals surface area contributed by atoms with Gasteiger partial charge in [-0.2, -0.15) is 0 Å².